The number of nitrogens with zero attached hydrogens (tertiary/aromatic N) is 6. The molecular weight excluding hydrogens is 811 g/mol. The maximum absolute atomic E-state index is 15.5. The monoisotopic (exact) mass is 855 g/mol. The fourth-order valence-corrected chi connectivity index (χ4v) is 9.82. The molecule has 2 aromatic heterocycles. The normalized spacial score (nSPS) is 20.2. The zero-order valence-electron chi connectivity index (χ0n) is 35.4. The number of methoxy groups -OCH3 is 4. The van der Waals surface area contributed by atoms with Gasteiger partial charge in [-0.05, 0) is 36.6 Å². The van der Waals surface area contributed by atoms with Crippen molar-refractivity contribution in [3.63, 3.8) is 0 Å². The quantitative estimate of drug-likeness (QED) is 0.141. The first-order valence-corrected chi connectivity index (χ1v) is 20.3. The van der Waals surface area contributed by atoms with Crippen LogP contribution >= 0.6 is 0 Å². The van der Waals surface area contributed by atoms with E-state index in [-0.39, 0.29) is 54.4 Å². The van der Waals surface area contributed by atoms with Crippen molar-refractivity contribution in [3.05, 3.63) is 144 Å². The standard InChI is InChI=1S/C46H45N7O10/c1-25-12-14-27(15-13-25)48-52-41(55)30-22-33-29(40(39-35(54)20-28(60-3)21-38(39)63-6)46(30,43(52)57)26-10-8-7-9-11-26)16-19-51-44(58)50(45(59)53(33)51)18-17-31-42(56)49(2)34-24-37(62-5)36(61-4)23-32(34)47-31/h7-16,20-21,23-24,30,33,40,48,54H,17-19,22H2,1-6H3/t30-,33+,40+,46+/m0/s1. The number of amides is 2. The van der Waals surface area contributed by atoms with Crippen molar-refractivity contribution >= 4 is 28.5 Å². The van der Waals surface area contributed by atoms with E-state index in [1.165, 1.54) is 48.4 Å². The van der Waals surface area contributed by atoms with Crippen LogP contribution in [0.2, 0.25) is 0 Å². The highest BCUT2D eigenvalue weighted by atomic mass is 16.5. The molecule has 2 fully saturated rings. The molecule has 4 heterocycles. The van der Waals surface area contributed by atoms with E-state index in [4.69, 9.17) is 18.9 Å². The predicted octanol–water partition coefficient (Wildman–Crippen LogP) is 3.97. The van der Waals surface area contributed by atoms with Gasteiger partial charge in [-0.3, -0.25) is 19.8 Å². The predicted molar refractivity (Wildman–Crippen MR) is 231 cm³/mol. The highest BCUT2D eigenvalue weighted by Gasteiger charge is 2.69. The van der Waals surface area contributed by atoms with Gasteiger partial charge in [0.15, 0.2) is 11.5 Å². The van der Waals surface area contributed by atoms with Crippen LogP contribution in [-0.2, 0) is 41.6 Å². The number of hydrogen-bond acceptors (Lipinski definition) is 12. The minimum Gasteiger partial charge on any atom is -0.507 e. The van der Waals surface area contributed by atoms with E-state index in [0.29, 0.717) is 39.4 Å². The molecule has 0 bridgehead atoms. The average Bonchev–Trinajstić information content (AvgIpc) is 3.67. The molecule has 17 heteroatoms. The summed E-state index contributed by atoms with van der Waals surface area (Å²) in [5.41, 5.74) is 3.47. The number of ether oxygens (including phenoxy) is 4. The molecule has 2 N–H and O–H groups in total. The van der Waals surface area contributed by atoms with Crippen LogP contribution in [0.5, 0.6) is 28.7 Å². The largest absolute Gasteiger partial charge is 0.507 e. The van der Waals surface area contributed by atoms with Crippen LogP contribution in [0.15, 0.2) is 105 Å². The molecule has 3 aliphatic rings. The molecule has 2 aliphatic heterocycles. The van der Waals surface area contributed by atoms with E-state index >= 15 is 9.59 Å². The Morgan fingerprint density at radius 1 is 0.841 bits per heavy atom. The Hall–Kier alpha value is -7.56. The van der Waals surface area contributed by atoms with Crippen LogP contribution in [0.4, 0.5) is 5.69 Å². The third kappa shape index (κ3) is 6.12. The highest BCUT2D eigenvalue weighted by molar-refractivity contribution is 6.13. The number of aryl methyl sites for hydroxylation is 3. The lowest BCUT2D eigenvalue weighted by atomic mass is 9.53. The van der Waals surface area contributed by atoms with E-state index in [2.05, 4.69) is 10.4 Å². The number of hydrogen-bond donors (Lipinski definition) is 2. The molecule has 324 valence electrons. The van der Waals surface area contributed by atoms with Crippen molar-refractivity contribution < 1.29 is 33.6 Å². The Morgan fingerprint density at radius 2 is 1.54 bits per heavy atom. The number of nitrogens with one attached hydrogen (secondary N) is 1. The molecule has 63 heavy (non-hydrogen) atoms. The number of carbonyl (C=O) groups excluding carboxylic acids is 2. The van der Waals surface area contributed by atoms with Gasteiger partial charge >= 0.3 is 11.4 Å². The van der Waals surface area contributed by atoms with E-state index in [1.54, 1.807) is 67.7 Å². The number of anilines is 1. The van der Waals surface area contributed by atoms with Gasteiger partial charge in [0.1, 0.15) is 22.9 Å². The molecule has 4 aromatic carbocycles. The van der Waals surface area contributed by atoms with Crippen LogP contribution in [0, 0.1) is 12.8 Å². The number of fused-ring (bicyclic) bond motifs is 5. The summed E-state index contributed by atoms with van der Waals surface area (Å²) in [4.78, 5) is 77.8. The Bertz CT molecular complexity index is 3060. The number of carbonyl (C=O) groups is 2. The zero-order chi connectivity index (χ0) is 44.5. The third-order valence-corrected chi connectivity index (χ3v) is 12.8. The maximum Gasteiger partial charge on any atom is 0.347 e. The van der Waals surface area contributed by atoms with Gasteiger partial charge < -0.3 is 28.6 Å². The van der Waals surface area contributed by atoms with Gasteiger partial charge in [-0.15, -0.1) is 0 Å². The molecule has 0 unspecified atom stereocenters. The summed E-state index contributed by atoms with van der Waals surface area (Å²) in [6, 6.07) is 21.6. The molecule has 1 saturated carbocycles. The molecule has 1 saturated heterocycles. The summed E-state index contributed by atoms with van der Waals surface area (Å²) in [7, 11) is 7.46. The Morgan fingerprint density at radius 3 is 2.22 bits per heavy atom. The number of rotatable bonds is 11. The van der Waals surface area contributed by atoms with Crippen molar-refractivity contribution in [2.75, 3.05) is 33.9 Å². The molecule has 4 atom stereocenters. The summed E-state index contributed by atoms with van der Waals surface area (Å²) >= 11 is 0. The Kier molecular flexibility index (Phi) is 9.99. The highest BCUT2D eigenvalue weighted by Crippen LogP contribution is 2.64. The van der Waals surface area contributed by atoms with Crippen molar-refractivity contribution in [2.45, 2.75) is 50.2 Å². The molecular formula is C46H45N7O10. The first-order chi connectivity index (χ1) is 30.4. The van der Waals surface area contributed by atoms with Crippen LogP contribution in [0.25, 0.3) is 11.0 Å². The summed E-state index contributed by atoms with van der Waals surface area (Å²) in [6.07, 6.45) is 1.67. The zero-order valence-corrected chi connectivity index (χ0v) is 35.4. The second-order valence-corrected chi connectivity index (χ2v) is 15.9. The lowest BCUT2D eigenvalue weighted by molar-refractivity contribution is -0.138. The third-order valence-electron chi connectivity index (χ3n) is 12.8. The summed E-state index contributed by atoms with van der Waals surface area (Å²) in [5, 5.41) is 13.0. The summed E-state index contributed by atoms with van der Waals surface area (Å²) in [5.74, 6) is -2.30. The van der Waals surface area contributed by atoms with E-state index in [0.717, 1.165) is 15.1 Å². The Labute approximate surface area is 359 Å². The van der Waals surface area contributed by atoms with Crippen LogP contribution in [-0.4, -0.2) is 73.9 Å². The fourth-order valence-electron chi connectivity index (χ4n) is 9.82. The van der Waals surface area contributed by atoms with Crippen molar-refractivity contribution in [2.24, 2.45) is 13.0 Å². The topological polar surface area (TPSA) is 190 Å². The number of phenolic OH excluding ortho intramolecular Hbond substituents is 1. The molecule has 6 aromatic rings. The van der Waals surface area contributed by atoms with Gasteiger partial charge in [-0.1, -0.05) is 54.1 Å². The van der Waals surface area contributed by atoms with Crippen LogP contribution in [0.3, 0.4) is 0 Å². The van der Waals surface area contributed by atoms with Crippen LogP contribution < -0.4 is 41.3 Å². The van der Waals surface area contributed by atoms with Gasteiger partial charge in [0.05, 0.1) is 69.1 Å². The first kappa shape index (κ1) is 40.8. The average molecular weight is 856 g/mol. The van der Waals surface area contributed by atoms with E-state index in [9.17, 15) is 19.5 Å². The lowest BCUT2D eigenvalue weighted by Gasteiger charge is -2.49. The van der Waals surface area contributed by atoms with Gasteiger partial charge in [0, 0.05) is 55.8 Å². The van der Waals surface area contributed by atoms with Gasteiger partial charge in [0.2, 0.25) is 0 Å². The van der Waals surface area contributed by atoms with E-state index in [1.807, 2.05) is 25.1 Å². The number of aromatic nitrogens is 5. The molecule has 0 spiro atoms. The van der Waals surface area contributed by atoms with Gasteiger partial charge in [-0.2, -0.15) is 5.01 Å². The van der Waals surface area contributed by atoms with Crippen molar-refractivity contribution in [1.82, 2.24) is 28.5 Å². The van der Waals surface area contributed by atoms with Gasteiger partial charge in [-0.25, -0.2) is 28.5 Å². The smallest absolute Gasteiger partial charge is 0.347 e. The van der Waals surface area contributed by atoms with Crippen molar-refractivity contribution in [1.29, 1.82) is 0 Å². The minimum absolute atomic E-state index is 0.0610. The minimum atomic E-state index is -1.68. The fraction of sp³-hybridized carbons (Fsp3) is 0.304. The van der Waals surface area contributed by atoms with Crippen molar-refractivity contribution in [3.8, 4) is 28.7 Å². The van der Waals surface area contributed by atoms with Gasteiger partial charge in [0.25, 0.3) is 17.4 Å². The molecule has 0 radical (unpaired) electrons. The van der Waals surface area contributed by atoms with E-state index < -0.39 is 52.0 Å². The SMILES string of the molecule is COc1cc(O)c([C@H]2C3=CCn4c(=O)n(CCc5nc6cc(OC)c(OC)cc6n(C)c5=O)c(=O)n4[C@@H]3C[C@H]3C(=O)N(Nc4ccc(C)cc4)C(=O)[C@@]23c2ccccc2)c(OC)c1. The number of imide groups is 1. The van der Waals surface area contributed by atoms with Crippen LogP contribution in [0.1, 0.15) is 40.8 Å². The Balaban J connectivity index is 1.19. The lowest BCUT2D eigenvalue weighted by Crippen LogP contribution is -2.53. The second kappa shape index (κ2) is 15.4. The summed E-state index contributed by atoms with van der Waals surface area (Å²) in [6.45, 7) is 1.66. The summed E-state index contributed by atoms with van der Waals surface area (Å²) < 4.78 is 27.4. The molecule has 2 amide bonds. The second-order valence-electron chi connectivity index (χ2n) is 15.9. The number of hydrazine groups is 1. The molecule has 17 nitrogen and oxygen atoms in total. The maximum atomic E-state index is 15.5. The first-order valence-electron chi connectivity index (χ1n) is 20.3. The number of aromatic hydroxyl groups is 1. The number of benzene rings is 4. The number of phenols is 1. The molecule has 9 rings (SSSR count). The number of allylic oxidation sites excluding steroid dienone is 2. The molecule has 1 aliphatic carbocycles.